The van der Waals surface area contributed by atoms with Gasteiger partial charge in [-0.15, -0.1) is 0 Å². The maximum absolute atomic E-state index is 12.1. The third-order valence-corrected chi connectivity index (χ3v) is 4.70. The number of ether oxygens (including phenoxy) is 1. The first kappa shape index (κ1) is 17.8. The van der Waals surface area contributed by atoms with Crippen LogP contribution in [0.1, 0.15) is 22.4 Å². The molecule has 0 bridgehead atoms. The number of hydrogen-bond acceptors (Lipinski definition) is 3. The van der Waals surface area contributed by atoms with Gasteiger partial charge in [-0.05, 0) is 30.2 Å². The lowest BCUT2D eigenvalue weighted by Crippen LogP contribution is -2.00. The number of aryl methyl sites for hydroxylation is 1. The molecule has 4 rings (SSSR count). The summed E-state index contributed by atoms with van der Waals surface area (Å²) in [5.41, 5.74) is 5.29. The Kier molecular flexibility index (Phi) is 5.06. The molecule has 2 aromatic heterocycles. The Labute approximate surface area is 163 Å². The third kappa shape index (κ3) is 3.88. The number of aromatic nitrogens is 3. The van der Waals surface area contributed by atoms with E-state index in [1.165, 1.54) is 11.6 Å². The molecule has 0 amide bonds. The van der Waals surface area contributed by atoms with Crippen molar-refractivity contribution >= 4 is 22.9 Å². The minimum absolute atomic E-state index is 0.267. The number of hydrogen-bond donors (Lipinski definition) is 1. The first-order valence-electron chi connectivity index (χ1n) is 9.15. The number of fused-ring (bicyclic) bond motifs is 1. The van der Waals surface area contributed by atoms with Crippen molar-refractivity contribution in [3.05, 3.63) is 95.7 Å². The first-order valence-corrected chi connectivity index (χ1v) is 9.15. The Morgan fingerprint density at radius 3 is 2.82 bits per heavy atom. The average molecular weight is 371 g/mol. The van der Waals surface area contributed by atoms with Crippen LogP contribution in [0, 0.1) is 6.92 Å². The second-order valence-electron chi connectivity index (χ2n) is 6.66. The molecule has 1 N–H and O–H groups in total. The highest BCUT2D eigenvalue weighted by Gasteiger charge is 2.12. The van der Waals surface area contributed by atoms with Gasteiger partial charge in [0.25, 0.3) is 0 Å². The summed E-state index contributed by atoms with van der Waals surface area (Å²) in [5, 5.41) is 1.11. The van der Waals surface area contributed by atoms with Crippen LogP contribution in [-0.2, 0) is 22.7 Å². The van der Waals surface area contributed by atoms with E-state index in [9.17, 15) is 4.79 Å². The van der Waals surface area contributed by atoms with Crippen LogP contribution in [0.3, 0.4) is 0 Å². The zero-order valence-electron chi connectivity index (χ0n) is 15.6. The van der Waals surface area contributed by atoms with Crippen LogP contribution in [-0.4, -0.2) is 20.5 Å². The molecule has 0 aliphatic carbocycles. The molecular formula is C23H21N3O2. The largest absolute Gasteiger partial charge is 0.458 e. The van der Waals surface area contributed by atoms with Gasteiger partial charge in [0.2, 0.25) is 0 Å². The van der Waals surface area contributed by atoms with E-state index in [-0.39, 0.29) is 12.6 Å². The fraction of sp³-hybridized carbons (Fsp3) is 0.130. The van der Waals surface area contributed by atoms with Crippen molar-refractivity contribution in [3.63, 3.8) is 0 Å². The van der Waals surface area contributed by atoms with Crippen molar-refractivity contribution < 1.29 is 9.53 Å². The normalized spacial score (nSPS) is 11.3. The van der Waals surface area contributed by atoms with Crippen molar-refractivity contribution in [3.8, 4) is 0 Å². The average Bonchev–Trinajstić information content (AvgIpc) is 3.34. The van der Waals surface area contributed by atoms with Gasteiger partial charge in [0.05, 0.1) is 12.9 Å². The van der Waals surface area contributed by atoms with E-state index in [0.29, 0.717) is 0 Å². The number of nitrogens with zero attached hydrogens (tertiary/aromatic N) is 2. The van der Waals surface area contributed by atoms with Crippen molar-refractivity contribution in [2.75, 3.05) is 0 Å². The number of nitrogens with one attached hydrogen (secondary N) is 1. The summed E-state index contributed by atoms with van der Waals surface area (Å²) in [6, 6.07) is 15.7. The lowest BCUT2D eigenvalue weighted by Gasteiger charge is -2.05. The predicted octanol–water partition coefficient (Wildman–Crippen LogP) is 4.48. The highest BCUT2D eigenvalue weighted by atomic mass is 16.5. The minimum atomic E-state index is -0.357. The van der Waals surface area contributed by atoms with Gasteiger partial charge in [-0.25, -0.2) is 9.78 Å². The van der Waals surface area contributed by atoms with E-state index in [1.54, 1.807) is 12.5 Å². The molecule has 28 heavy (non-hydrogen) atoms. The lowest BCUT2D eigenvalue weighted by atomic mass is 10.0. The maximum atomic E-state index is 12.1. The molecule has 0 spiro atoms. The number of esters is 1. The molecule has 2 heterocycles. The standard InChI is InChI=1S/C23H21N3O2/c1-17-20(14-26-13-12-24-16-26)23-19(8-5-9-21(23)25-17)10-11-22(27)28-15-18-6-3-2-4-7-18/h2-13,16,25H,14-15H2,1H3/b11-10+. The molecule has 0 saturated heterocycles. The van der Waals surface area contributed by atoms with Gasteiger partial charge < -0.3 is 14.3 Å². The zero-order valence-corrected chi connectivity index (χ0v) is 15.6. The summed E-state index contributed by atoms with van der Waals surface area (Å²) in [6.45, 7) is 3.05. The molecule has 140 valence electrons. The Balaban J connectivity index is 1.56. The van der Waals surface area contributed by atoms with Crippen LogP contribution in [0.25, 0.3) is 17.0 Å². The highest BCUT2D eigenvalue weighted by molar-refractivity contribution is 5.96. The Morgan fingerprint density at radius 2 is 2.04 bits per heavy atom. The third-order valence-electron chi connectivity index (χ3n) is 4.70. The number of rotatable bonds is 6. The highest BCUT2D eigenvalue weighted by Crippen LogP contribution is 2.27. The molecule has 0 atom stereocenters. The molecule has 0 aliphatic rings. The number of carbonyl (C=O) groups excluding carboxylic acids is 1. The minimum Gasteiger partial charge on any atom is -0.458 e. The molecular weight excluding hydrogens is 350 g/mol. The smallest absolute Gasteiger partial charge is 0.331 e. The molecule has 5 nitrogen and oxygen atoms in total. The zero-order chi connectivity index (χ0) is 19.3. The SMILES string of the molecule is Cc1[nH]c2cccc(/C=C/C(=O)OCc3ccccc3)c2c1Cn1ccnc1. The van der Waals surface area contributed by atoms with Gasteiger partial charge in [-0.2, -0.15) is 0 Å². The van der Waals surface area contributed by atoms with E-state index in [2.05, 4.69) is 16.9 Å². The molecule has 2 aromatic carbocycles. The number of H-pyrrole nitrogens is 1. The van der Waals surface area contributed by atoms with Gasteiger partial charge in [-0.1, -0.05) is 42.5 Å². The fourth-order valence-electron chi connectivity index (χ4n) is 3.31. The summed E-state index contributed by atoms with van der Waals surface area (Å²) in [5.74, 6) is -0.357. The lowest BCUT2D eigenvalue weighted by molar-refractivity contribution is -0.138. The summed E-state index contributed by atoms with van der Waals surface area (Å²) in [6.07, 6.45) is 8.82. The van der Waals surface area contributed by atoms with E-state index in [0.717, 1.165) is 34.3 Å². The topological polar surface area (TPSA) is 59.9 Å². The van der Waals surface area contributed by atoms with E-state index in [4.69, 9.17) is 4.74 Å². The molecule has 0 aliphatic heterocycles. The predicted molar refractivity (Wildman–Crippen MR) is 110 cm³/mol. The molecule has 0 saturated carbocycles. The molecule has 4 aromatic rings. The van der Waals surface area contributed by atoms with Crippen molar-refractivity contribution in [1.29, 1.82) is 0 Å². The second kappa shape index (κ2) is 7.96. The molecule has 0 radical (unpaired) electrons. The van der Waals surface area contributed by atoms with Crippen molar-refractivity contribution in [1.82, 2.24) is 14.5 Å². The van der Waals surface area contributed by atoms with Gasteiger partial charge in [0.1, 0.15) is 6.61 Å². The van der Waals surface area contributed by atoms with E-state index < -0.39 is 0 Å². The van der Waals surface area contributed by atoms with Crippen LogP contribution >= 0.6 is 0 Å². The summed E-state index contributed by atoms with van der Waals surface area (Å²) in [7, 11) is 0. The van der Waals surface area contributed by atoms with Crippen molar-refractivity contribution in [2.45, 2.75) is 20.1 Å². The Bertz CT molecular complexity index is 1110. The fourth-order valence-corrected chi connectivity index (χ4v) is 3.31. The molecule has 5 heteroatoms. The van der Waals surface area contributed by atoms with E-state index in [1.807, 2.05) is 65.4 Å². The van der Waals surface area contributed by atoms with Gasteiger partial charge in [-0.3, -0.25) is 0 Å². The Morgan fingerprint density at radius 1 is 1.18 bits per heavy atom. The van der Waals surface area contributed by atoms with Crippen LogP contribution in [0.4, 0.5) is 0 Å². The van der Waals surface area contributed by atoms with E-state index >= 15 is 0 Å². The number of benzene rings is 2. The quantitative estimate of drug-likeness (QED) is 0.402. The molecule has 0 unspecified atom stereocenters. The van der Waals surface area contributed by atoms with Gasteiger partial charge in [0, 0.05) is 40.6 Å². The maximum Gasteiger partial charge on any atom is 0.331 e. The number of carbonyl (C=O) groups is 1. The van der Waals surface area contributed by atoms with Crippen molar-refractivity contribution in [2.24, 2.45) is 0 Å². The Hall–Kier alpha value is -3.60. The second-order valence-corrected chi connectivity index (χ2v) is 6.66. The summed E-state index contributed by atoms with van der Waals surface area (Å²) < 4.78 is 7.37. The number of imidazole rings is 1. The number of aromatic amines is 1. The van der Waals surface area contributed by atoms with Gasteiger partial charge in [0.15, 0.2) is 0 Å². The van der Waals surface area contributed by atoms with Crippen LogP contribution < -0.4 is 0 Å². The molecule has 0 fully saturated rings. The van der Waals surface area contributed by atoms with Crippen LogP contribution in [0.5, 0.6) is 0 Å². The first-order chi connectivity index (χ1) is 13.7. The summed E-state index contributed by atoms with van der Waals surface area (Å²) in [4.78, 5) is 19.7. The summed E-state index contributed by atoms with van der Waals surface area (Å²) >= 11 is 0. The van der Waals surface area contributed by atoms with Gasteiger partial charge >= 0.3 is 5.97 Å². The monoisotopic (exact) mass is 371 g/mol. The van der Waals surface area contributed by atoms with Crippen LogP contribution in [0.15, 0.2) is 73.3 Å². The van der Waals surface area contributed by atoms with Crippen LogP contribution in [0.2, 0.25) is 0 Å².